The zero-order valence-corrected chi connectivity index (χ0v) is 21.8. The first-order valence-electron chi connectivity index (χ1n) is 13.0. The van der Waals surface area contributed by atoms with Crippen LogP contribution in [0, 0.1) is 0 Å². The molecule has 1 unspecified atom stereocenters. The van der Waals surface area contributed by atoms with Gasteiger partial charge in [0.15, 0.2) is 5.79 Å². The first kappa shape index (κ1) is 26.8. The van der Waals surface area contributed by atoms with Crippen molar-refractivity contribution in [2.75, 3.05) is 32.8 Å². The van der Waals surface area contributed by atoms with Crippen LogP contribution in [0.1, 0.15) is 44.7 Å². The molecule has 2 heterocycles. The van der Waals surface area contributed by atoms with Crippen LogP contribution in [-0.4, -0.2) is 67.2 Å². The van der Waals surface area contributed by atoms with Crippen LogP contribution >= 0.6 is 0 Å². The van der Waals surface area contributed by atoms with Crippen molar-refractivity contribution >= 4 is 5.91 Å². The second kappa shape index (κ2) is 12.3. The smallest absolute Gasteiger partial charge is 0.251 e. The third-order valence-electron chi connectivity index (χ3n) is 6.94. The fraction of sp³-hybridized carbons (Fsp3) is 0.552. The lowest BCUT2D eigenvalue weighted by atomic mass is 9.91. The molecule has 2 aromatic carbocycles. The van der Waals surface area contributed by atoms with Crippen LogP contribution < -0.4 is 5.32 Å². The van der Waals surface area contributed by atoms with Crippen molar-refractivity contribution in [2.45, 2.75) is 70.4 Å². The van der Waals surface area contributed by atoms with Gasteiger partial charge in [-0.3, -0.25) is 4.79 Å². The highest BCUT2D eigenvalue weighted by molar-refractivity contribution is 5.81. The molecule has 1 amide bonds. The third-order valence-corrected chi connectivity index (χ3v) is 6.94. The third kappa shape index (κ3) is 7.14. The highest BCUT2D eigenvalue weighted by atomic mass is 16.8. The number of carbonyl (C=O) groups is 1. The Morgan fingerprint density at radius 2 is 1.64 bits per heavy atom. The summed E-state index contributed by atoms with van der Waals surface area (Å²) in [5, 5.41) is 3.31. The highest BCUT2D eigenvalue weighted by Gasteiger charge is 2.51. The number of amides is 1. The van der Waals surface area contributed by atoms with Gasteiger partial charge in [0.05, 0.1) is 25.9 Å². The molecule has 2 aliphatic rings. The number of nitrogens with zero attached hydrogens (tertiary/aromatic N) is 1. The molecule has 0 saturated carbocycles. The summed E-state index contributed by atoms with van der Waals surface area (Å²) < 4.78 is 25.1. The van der Waals surface area contributed by atoms with Crippen molar-refractivity contribution in [3.8, 4) is 0 Å². The standard InChI is InChI=1S/C29H40N2O5/c1-23-29(36-28(2,3)35-23,22-33-20-24-10-6-4-7-11-24)15-14-26(27(32)31-18-16-30-17-19-31)34-21-25-12-8-5-9-13-25/h4-13,23,26,30H,14-22H2,1-3H3/t23-,26?,29-/m1/s1. The lowest BCUT2D eigenvalue weighted by molar-refractivity contribution is -0.179. The van der Waals surface area contributed by atoms with Gasteiger partial charge in [-0.25, -0.2) is 0 Å². The van der Waals surface area contributed by atoms with Gasteiger partial charge in [0.25, 0.3) is 5.91 Å². The van der Waals surface area contributed by atoms with Gasteiger partial charge < -0.3 is 29.2 Å². The van der Waals surface area contributed by atoms with E-state index in [1.54, 1.807) is 0 Å². The summed E-state index contributed by atoms with van der Waals surface area (Å²) in [5.41, 5.74) is 1.49. The summed E-state index contributed by atoms with van der Waals surface area (Å²) in [6.07, 6.45) is 0.360. The van der Waals surface area contributed by atoms with E-state index in [2.05, 4.69) is 5.32 Å². The monoisotopic (exact) mass is 496 g/mol. The lowest BCUT2D eigenvalue weighted by Crippen LogP contribution is -2.51. The summed E-state index contributed by atoms with van der Waals surface area (Å²) in [4.78, 5) is 15.4. The Morgan fingerprint density at radius 1 is 1.03 bits per heavy atom. The number of rotatable bonds is 11. The topological polar surface area (TPSA) is 69.3 Å². The van der Waals surface area contributed by atoms with Crippen LogP contribution in [0.15, 0.2) is 60.7 Å². The SMILES string of the molecule is C[C@H]1OC(C)(C)O[C@]1(CCC(OCc1ccccc1)C(=O)N1CCNCC1)COCc1ccccc1. The second-order valence-electron chi connectivity index (χ2n) is 10.2. The van der Waals surface area contributed by atoms with Gasteiger partial charge in [0.2, 0.25) is 0 Å². The van der Waals surface area contributed by atoms with E-state index in [4.69, 9.17) is 18.9 Å². The molecular formula is C29H40N2O5. The van der Waals surface area contributed by atoms with Gasteiger partial charge in [-0.05, 0) is 44.7 Å². The van der Waals surface area contributed by atoms with E-state index in [0.29, 0.717) is 45.8 Å². The maximum atomic E-state index is 13.5. The number of benzene rings is 2. The number of ether oxygens (including phenoxy) is 4. The highest BCUT2D eigenvalue weighted by Crippen LogP contribution is 2.40. The molecule has 0 bridgehead atoms. The van der Waals surface area contributed by atoms with Crippen molar-refractivity contribution in [3.63, 3.8) is 0 Å². The summed E-state index contributed by atoms with van der Waals surface area (Å²) in [5.74, 6) is -0.683. The summed E-state index contributed by atoms with van der Waals surface area (Å²) >= 11 is 0. The number of piperazine rings is 1. The Hall–Kier alpha value is -2.29. The van der Waals surface area contributed by atoms with Crippen molar-refractivity contribution in [3.05, 3.63) is 71.8 Å². The van der Waals surface area contributed by atoms with Crippen LogP contribution in [-0.2, 0) is 37.0 Å². The molecule has 0 aromatic heterocycles. The fourth-order valence-corrected chi connectivity index (χ4v) is 5.03. The van der Waals surface area contributed by atoms with Gasteiger partial charge in [-0.2, -0.15) is 0 Å². The first-order chi connectivity index (χ1) is 17.4. The maximum absolute atomic E-state index is 13.5. The molecule has 1 N–H and O–H groups in total. The Bertz CT molecular complexity index is 949. The molecule has 2 aromatic rings. The Labute approximate surface area is 215 Å². The zero-order chi connectivity index (χ0) is 25.4. The van der Waals surface area contributed by atoms with Crippen LogP contribution in [0.5, 0.6) is 0 Å². The van der Waals surface area contributed by atoms with E-state index in [9.17, 15) is 4.79 Å². The van der Waals surface area contributed by atoms with Crippen LogP contribution in [0.25, 0.3) is 0 Å². The summed E-state index contributed by atoms with van der Waals surface area (Å²) in [7, 11) is 0. The molecule has 0 spiro atoms. The number of nitrogens with one attached hydrogen (secondary N) is 1. The molecule has 196 valence electrons. The van der Waals surface area contributed by atoms with E-state index in [1.165, 1.54) is 0 Å². The van der Waals surface area contributed by atoms with Crippen molar-refractivity contribution < 1.29 is 23.7 Å². The summed E-state index contributed by atoms with van der Waals surface area (Å²) in [6.45, 7) is 10.1. The molecule has 3 atom stereocenters. The van der Waals surface area contributed by atoms with Gasteiger partial charge in [0, 0.05) is 26.2 Å². The molecule has 0 aliphatic carbocycles. The first-order valence-corrected chi connectivity index (χ1v) is 13.0. The normalized spacial score (nSPS) is 24.5. The van der Waals surface area contributed by atoms with E-state index in [-0.39, 0.29) is 12.0 Å². The molecule has 2 fully saturated rings. The molecule has 0 radical (unpaired) electrons. The Balaban J connectivity index is 1.45. The van der Waals surface area contributed by atoms with Crippen molar-refractivity contribution in [2.24, 2.45) is 0 Å². The van der Waals surface area contributed by atoms with Gasteiger partial charge in [-0.15, -0.1) is 0 Å². The van der Waals surface area contributed by atoms with Gasteiger partial charge >= 0.3 is 0 Å². The Kier molecular flexibility index (Phi) is 9.14. The van der Waals surface area contributed by atoms with E-state index in [0.717, 1.165) is 24.2 Å². The van der Waals surface area contributed by atoms with E-state index >= 15 is 0 Å². The van der Waals surface area contributed by atoms with Gasteiger partial charge in [0.1, 0.15) is 11.7 Å². The minimum absolute atomic E-state index is 0.0404. The molecule has 2 saturated heterocycles. The molecule has 2 aliphatic heterocycles. The molecular weight excluding hydrogens is 456 g/mol. The number of carbonyl (C=O) groups excluding carboxylic acids is 1. The lowest BCUT2D eigenvalue weighted by Gasteiger charge is -2.35. The van der Waals surface area contributed by atoms with E-state index in [1.807, 2.05) is 86.3 Å². The maximum Gasteiger partial charge on any atom is 0.251 e. The average Bonchev–Trinajstić information content (AvgIpc) is 3.13. The largest absolute Gasteiger partial charge is 0.374 e. The van der Waals surface area contributed by atoms with Crippen molar-refractivity contribution in [1.82, 2.24) is 10.2 Å². The minimum Gasteiger partial charge on any atom is -0.374 e. The van der Waals surface area contributed by atoms with Crippen LogP contribution in [0.3, 0.4) is 0 Å². The molecule has 7 nitrogen and oxygen atoms in total. The van der Waals surface area contributed by atoms with Crippen LogP contribution in [0.4, 0.5) is 0 Å². The number of hydrogen-bond donors (Lipinski definition) is 1. The van der Waals surface area contributed by atoms with Gasteiger partial charge in [-0.1, -0.05) is 60.7 Å². The predicted octanol–water partition coefficient (Wildman–Crippen LogP) is 3.91. The number of hydrogen-bond acceptors (Lipinski definition) is 6. The minimum atomic E-state index is -0.724. The second-order valence-corrected chi connectivity index (χ2v) is 10.2. The fourth-order valence-electron chi connectivity index (χ4n) is 5.03. The molecule has 7 heteroatoms. The predicted molar refractivity (Wildman–Crippen MR) is 138 cm³/mol. The quantitative estimate of drug-likeness (QED) is 0.509. The zero-order valence-electron chi connectivity index (χ0n) is 21.8. The molecule has 36 heavy (non-hydrogen) atoms. The van der Waals surface area contributed by atoms with Crippen LogP contribution in [0.2, 0.25) is 0 Å². The van der Waals surface area contributed by atoms with E-state index < -0.39 is 17.5 Å². The average molecular weight is 497 g/mol. The van der Waals surface area contributed by atoms with Crippen molar-refractivity contribution in [1.29, 1.82) is 0 Å². The Morgan fingerprint density at radius 3 is 2.22 bits per heavy atom. The molecule has 4 rings (SSSR count). The summed E-state index contributed by atoms with van der Waals surface area (Å²) in [6, 6.07) is 20.1.